The molecule has 0 bridgehead atoms. The van der Waals surface area contributed by atoms with Gasteiger partial charge in [-0.1, -0.05) is 0 Å². The molecule has 0 aliphatic carbocycles. The summed E-state index contributed by atoms with van der Waals surface area (Å²) < 4.78 is 5.50. The minimum Gasteiger partial charge on any atom is -0.368 e. The van der Waals surface area contributed by atoms with Crippen LogP contribution in [0.15, 0.2) is 0 Å². The lowest BCUT2D eigenvalue weighted by molar-refractivity contribution is -0.140. The van der Waals surface area contributed by atoms with E-state index in [0.29, 0.717) is 39.3 Å². The number of carbonyl (C=O) groups excluding carboxylic acids is 2. The molecule has 0 saturated carbocycles. The summed E-state index contributed by atoms with van der Waals surface area (Å²) in [5.74, 6) is 0.0827. The molecule has 1 N–H and O–H groups in total. The number of aryl methyl sites for hydroxylation is 2. The number of rotatable bonds is 4. The molecule has 3 heterocycles. The molecule has 26 heavy (non-hydrogen) atoms. The molecule has 0 unspecified atom stereocenters. The Bertz CT molecular complexity index is 623. The third kappa shape index (κ3) is 4.73. The molecule has 7 nitrogen and oxygen atoms in total. The Balaban J connectivity index is 1.42. The van der Waals surface area contributed by atoms with Gasteiger partial charge in [0.1, 0.15) is 6.10 Å². The van der Waals surface area contributed by atoms with E-state index in [2.05, 4.69) is 17.2 Å². The van der Waals surface area contributed by atoms with Gasteiger partial charge in [0.2, 0.25) is 0 Å². The molecule has 2 saturated heterocycles. The van der Waals surface area contributed by atoms with Gasteiger partial charge in [-0.25, -0.2) is 9.78 Å². The van der Waals surface area contributed by atoms with Crippen molar-refractivity contribution in [3.63, 3.8) is 0 Å². The van der Waals surface area contributed by atoms with E-state index >= 15 is 0 Å². The molecule has 8 heteroatoms. The van der Waals surface area contributed by atoms with E-state index in [1.807, 2.05) is 11.8 Å². The molecule has 0 radical (unpaired) electrons. The van der Waals surface area contributed by atoms with Gasteiger partial charge in [-0.2, -0.15) is 0 Å². The topological polar surface area (TPSA) is 74.8 Å². The van der Waals surface area contributed by atoms with Crippen LogP contribution >= 0.6 is 11.3 Å². The second-order valence-electron chi connectivity index (χ2n) is 6.90. The highest BCUT2D eigenvalue weighted by Gasteiger charge is 2.30. The number of thiazole rings is 1. The summed E-state index contributed by atoms with van der Waals surface area (Å²) in [6.45, 7) is 7.86. The van der Waals surface area contributed by atoms with Crippen molar-refractivity contribution in [3.05, 3.63) is 15.6 Å². The van der Waals surface area contributed by atoms with Crippen LogP contribution in [0, 0.1) is 13.8 Å². The highest BCUT2D eigenvalue weighted by molar-refractivity contribution is 7.11. The van der Waals surface area contributed by atoms with Crippen molar-refractivity contribution < 1.29 is 14.3 Å². The Labute approximate surface area is 158 Å². The molecule has 1 aromatic rings. The predicted octanol–water partition coefficient (Wildman–Crippen LogP) is 1.73. The van der Waals surface area contributed by atoms with E-state index in [1.54, 1.807) is 16.2 Å². The van der Waals surface area contributed by atoms with Crippen molar-refractivity contribution in [1.29, 1.82) is 0 Å². The lowest BCUT2D eigenvalue weighted by Crippen LogP contribution is -2.44. The number of nitrogens with one attached hydrogen (secondary N) is 1. The Kier molecular flexibility index (Phi) is 6.48. The van der Waals surface area contributed by atoms with Crippen molar-refractivity contribution in [1.82, 2.24) is 20.1 Å². The summed E-state index contributed by atoms with van der Waals surface area (Å²) in [5.41, 5.74) is 1.07. The molecule has 3 amide bonds. The zero-order valence-electron chi connectivity index (χ0n) is 15.6. The van der Waals surface area contributed by atoms with E-state index in [0.717, 1.165) is 36.4 Å². The quantitative estimate of drug-likeness (QED) is 0.863. The van der Waals surface area contributed by atoms with Gasteiger partial charge in [0.15, 0.2) is 0 Å². The van der Waals surface area contributed by atoms with Crippen molar-refractivity contribution >= 4 is 23.3 Å². The van der Waals surface area contributed by atoms with Crippen LogP contribution in [0.2, 0.25) is 0 Å². The third-order valence-electron chi connectivity index (χ3n) is 4.99. The van der Waals surface area contributed by atoms with E-state index in [9.17, 15) is 9.59 Å². The van der Waals surface area contributed by atoms with Gasteiger partial charge in [0.25, 0.3) is 5.91 Å². The zero-order valence-corrected chi connectivity index (χ0v) is 16.4. The monoisotopic (exact) mass is 380 g/mol. The van der Waals surface area contributed by atoms with Crippen molar-refractivity contribution in [3.8, 4) is 0 Å². The Morgan fingerprint density at radius 2 is 1.96 bits per heavy atom. The Morgan fingerprint density at radius 1 is 1.19 bits per heavy atom. The van der Waals surface area contributed by atoms with Gasteiger partial charge in [-0.3, -0.25) is 4.79 Å². The maximum Gasteiger partial charge on any atom is 0.317 e. The van der Waals surface area contributed by atoms with Crippen molar-refractivity contribution in [2.45, 2.75) is 45.6 Å². The van der Waals surface area contributed by atoms with Crippen LogP contribution in [0.25, 0.3) is 0 Å². The van der Waals surface area contributed by atoms with Gasteiger partial charge in [0, 0.05) is 50.6 Å². The van der Waals surface area contributed by atoms with Crippen LogP contribution in [0.4, 0.5) is 4.79 Å². The second kappa shape index (κ2) is 8.81. The van der Waals surface area contributed by atoms with Gasteiger partial charge in [-0.15, -0.1) is 11.3 Å². The molecular formula is C18H28N4O3S. The number of urea groups is 1. The number of amides is 3. The largest absolute Gasteiger partial charge is 0.368 e. The first-order valence-corrected chi connectivity index (χ1v) is 10.2. The Morgan fingerprint density at radius 3 is 2.65 bits per heavy atom. The van der Waals surface area contributed by atoms with Gasteiger partial charge in [0.05, 0.1) is 10.7 Å². The van der Waals surface area contributed by atoms with Crippen LogP contribution in [0.3, 0.4) is 0 Å². The van der Waals surface area contributed by atoms with E-state index in [-0.39, 0.29) is 18.0 Å². The molecule has 2 aliphatic rings. The lowest BCUT2D eigenvalue weighted by atomic mass is 10.2. The molecule has 0 aromatic carbocycles. The maximum atomic E-state index is 12.5. The summed E-state index contributed by atoms with van der Waals surface area (Å²) in [5, 5.41) is 4.04. The van der Waals surface area contributed by atoms with Gasteiger partial charge < -0.3 is 19.9 Å². The first-order valence-electron chi connectivity index (χ1n) is 9.40. The number of aromatic nitrogens is 1. The summed E-state index contributed by atoms with van der Waals surface area (Å²) >= 11 is 1.69. The van der Waals surface area contributed by atoms with Crippen LogP contribution < -0.4 is 5.32 Å². The molecule has 3 rings (SSSR count). The minimum atomic E-state index is -0.277. The van der Waals surface area contributed by atoms with Gasteiger partial charge in [-0.05, 0) is 33.1 Å². The standard InChI is InChI=1S/C18H28N4O3S/c1-13-14(2)26-16(20-13)6-7-19-18(24)22-9-4-8-21(10-11-22)17(23)15-5-3-12-25-15/h15H,3-12H2,1-2H3,(H,19,24)/t15-/m1/s1. The first kappa shape index (κ1) is 19.1. The molecule has 2 fully saturated rings. The fourth-order valence-corrected chi connectivity index (χ4v) is 4.28. The predicted molar refractivity (Wildman–Crippen MR) is 100 cm³/mol. The summed E-state index contributed by atoms with van der Waals surface area (Å²) in [7, 11) is 0. The fraction of sp³-hybridized carbons (Fsp3) is 0.722. The average Bonchev–Trinajstić information content (AvgIpc) is 3.18. The van der Waals surface area contributed by atoms with E-state index < -0.39 is 0 Å². The maximum absolute atomic E-state index is 12.5. The Hall–Kier alpha value is -1.67. The fourth-order valence-electron chi connectivity index (χ4n) is 3.35. The summed E-state index contributed by atoms with van der Waals surface area (Å²) in [4.78, 5) is 34.3. The SMILES string of the molecule is Cc1nc(CCNC(=O)N2CCCN(C(=O)[C@H]3CCCO3)CC2)sc1C. The minimum absolute atomic E-state index is 0.0542. The molecular weight excluding hydrogens is 352 g/mol. The number of ether oxygens (including phenoxy) is 1. The summed E-state index contributed by atoms with van der Waals surface area (Å²) in [6.07, 6.45) is 3.05. The number of hydrogen-bond acceptors (Lipinski definition) is 5. The average molecular weight is 381 g/mol. The molecule has 0 spiro atoms. The molecule has 1 aromatic heterocycles. The highest BCUT2D eigenvalue weighted by atomic mass is 32.1. The van der Waals surface area contributed by atoms with Crippen LogP contribution in [0.5, 0.6) is 0 Å². The van der Waals surface area contributed by atoms with Crippen LogP contribution in [0.1, 0.15) is 34.8 Å². The molecule has 1 atom stereocenters. The van der Waals surface area contributed by atoms with E-state index in [4.69, 9.17) is 4.74 Å². The number of hydrogen-bond donors (Lipinski definition) is 1. The van der Waals surface area contributed by atoms with Crippen LogP contribution in [-0.2, 0) is 16.0 Å². The smallest absolute Gasteiger partial charge is 0.317 e. The number of nitrogens with zero attached hydrogens (tertiary/aromatic N) is 3. The van der Waals surface area contributed by atoms with E-state index in [1.165, 1.54) is 4.88 Å². The lowest BCUT2D eigenvalue weighted by Gasteiger charge is -2.24. The normalized spacial score (nSPS) is 20.9. The highest BCUT2D eigenvalue weighted by Crippen LogP contribution is 2.17. The third-order valence-corrected chi connectivity index (χ3v) is 6.12. The number of carbonyl (C=O) groups is 2. The van der Waals surface area contributed by atoms with Crippen molar-refractivity contribution in [2.24, 2.45) is 0 Å². The zero-order chi connectivity index (χ0) is 18.5. The van der Waals surface area contributed by atoms with Gasteiger partial charge >= 0.3 is 6.03 Å². The molecule has 2 aliphatic heterocycles. The molecule has 144 valence electrons. The second-order valence-corrected chi connectivity index (χ2v) is 8.19. The van der Waals surface area contributed by atoms with Crippen molar-refractivity contribution in [2.75, 3.05) is 39.3 Å². The first-order chi connectivity index (χ1) is 12.5. The van der Waals surface area contributed by atoms with Crippen LogP contribution in [-0.4, -0.2) is 72.2 Å². The summed E-state index contributed by atoms with van der Waals surface area (Å²) in [6, 6.07) is -0.0542.